The number of nitrogens with one attached hydrogen (secondary N) is 1. The lowest BCUT2D eigenvalue weighted by molar-refractivity contribution is -0.915. The number of aromatic nitrogens is 4. The first kappa shape index (κ1) is 34.4. The van der Waals surface area contributed by atoms with Gasteiger partial charge in [0.15, 0.2) is 25.3 Å². The van der Waals surface area contributed by atoms with Crippen LogP contribution in [0.4, 0.5) is 24.1 Å². The predicted octanol–water partition coefficient (Wildman–Crippen LogP) is -2.29. The molecule has 3 aromatic rings. The van der Waals surface area contributed by atoms with Gasteiger partial charge in [-0.2, -0.15) is 5.01 Å². The molecule has 1 unspecified atom stereocenters. The molecular formula is C28H34ClF2N9O6. The zero-order valence-corrected chi connectivity index (χ0v) is 25.9. The van der Waals surface area contributed by atoms with Crippen LogP contribution in [0.3, 0.4) is 0 Å². The molecule has 0 spiro atoms. The van der Waals surface area contributed by atoms with Crippen molar-refractivity contribution in [3.05, 3.63) is 66.0 Å². The number of benzene rings is 2. The monoisotopic (exact) mass is 665 g/mol. The van der Waals surface area contributed by atoms with E-state index in [9.17, 15) is 19.1 Å². The Morgan fingerprint density at radius 1 is 1.11 bits per heavy atom. The number of rotatable bonds is 13. The van der Waals surface area contributed by atoms with Gasteiger partial charge in [0, 0.05) is 50.5 Å². The van der Waals surface area contributed by atoms with E-state index in [0.29, 0.717) is 42.0 Å². The van der Waals surface area contributed by atoms with Crippen LogP contribution in [0, 0.1) is 11.6 Å². The number of carbonyl (C=O) groups is 2. The average molecular weight is 666 g/mol. The van der Waals surface area contributed by atoms with Crippen LogP contribution in [0.2, 0.25) is 0 Å². The van der Waals surface area contributed by atoms with E-state index in [1.54, 1.807) is 48.1 Å². The lowest BCUT2D eigenvalue weighted by atomic mass is 9.85. The molecule has 3 atom stereocenters. The summed E-state index contributed by atoms with van der Waals surface area (Å²) in [5.41, 5.74) is -0.845. The van der Waals surface area contributed by atoms with Gasteiger partial charge in [-0.05, 0) is 53.7 Å². The summed E-state index contributed by atoms with van der Waals surface area (Å²) in [6.45, 7) is 2.56. The van der Waals surface area contributed by atoms with Crippen LogP contribution in [-0.2, 0) is 19.8 Å². The topological polar surface area (TPSA) is 152 Å². The van der Waals surface area contributed by atoms with Crippen molar-refractivity contribution in [2.24, 2.45) is 5.10 Å². The van der Waals surface area contributed by atoms with E-state index in [4.69, 9.17) is 14.2 Å². The normalized spacial score (nSPS) is 18.0. The van der Waals surface area contributed by atoms with Crippen molar-refractivity contribution in [3.63, 3.8) is 0 Å². The van der Waals surface area contributed by atoms with Gasteiger partial charge in [0.05, 0.1) is 18.3 Å². The number of hydrogen-bond donors (Lipinski definition) is 2. The zero-order valence-electron chi connectivity index (χ0n) is 25.1. The first-order valence-electron chi connectivity index (χ1n) is 14.2. The minimum atomic E-state index is -1.99. The number of carbonyl (C=O) groups excluding carboxylic acids is 2. The van der Waals surface area contributed by atoms with Gasteiger partial charge in [-0.1, -0.05) is 5.10 Å². The van der Waals surface area contributed by atoms with Crippen LogP contribution >= 0.6 is 0 Å². The van der Waals surface area contributed by atoms with Crippen molar-refractivity contribution >= 4 is 24.2 Å². The number of amides is 2. The SMILES string of the molecule is COCCCOC(=O)OCN1C=N[NH+](C[C@](O)(c2ccc(F)cc2F)[C@@H](C)N2CCN(c3ccc(-n4cnnn4)cc3)C2=O)C1.[Cl-]. The Hall–Kier alpha value is -4.45. The van der Waals surface area contributed by atoms with Crippen molar-refractivity contribution in [3.8, 4) is 5.69 Å². The molecule has 0 saturated carbocycles. The van der Waals surface area contributed by atoms with E-state index in [-0.39, 0.29) is 51.1 Å². The number of methoxy groups -OCH3 is 1. The Bertz CT molecular complexity index is 1500. The molecule has 2 aliphatic heterocycles. The van der Waals surface area contributed by atoms with Crippen molar-refractivity contribution in [2.75, 3.05) is 58.3 Å². The Morgan fingerprint density at radius 2 is 1.87 bits per heavy atom. The summed E-state index contributed by atoms with van der Waals surface area (Å²) in [7, 11) is 1.55. The summed E-state index contributed by atoms with van der Waals surface area (Å²) in [6, 6.07) is 8.62. The van der Waals surface area contributed by atoms with E-state index < -0.39 is 35.5 Å². The predicted molar refractivity (Wildman–Crippen MR) is 153 cm³/mol. The van der Waals surface area contributed by atoms with E-state index >= 15 is 4.39 Å². The van der Waals surface area contributed by atoms with Gasteiger partial charge in [-0.15, -0.1) is 5.10 Å². The number of tetrazole rings is 1. The molecule has 2 aliphatic rings. The molecule has 248 valence electrons. The fourth-order valence-electron chi connectivity index (χ4n) is 5.29. The number of anilines is 1. The first-order valence-corrected chi connectivity index (χ1v) is 14.2. The second-order valence-electron chi connectivity index (χ2n) is 10.6. The highest BCUT2D eigenvalue weighted by molar-refractivity contribution is 5.94. The van der Waals surface area contributed by atoms with E-state index in [1.807, 2.05) is 0 Å². The molecular weight excluding hydrogens is 632 g/mol. The van der Waals surface area contributed by atoms with Crippen molar-refractivity contribution in [1.29, 1.82) is 0 Å². The first-order chi connectivity index (χ1) is 21.7. The van der Waals surface area contributed by atoms with Crippen LogP contribution in [0.25, 0.3) is 5.69 Å². The lowest BCUT2D eigenvalue weighted by Gasteiger charge is -2.39. The average Bonchev–Trinajstić information content (AvgIpc) is 3.80. The summed E-state index contributed by atoms with van der Waals surface area (Å²) < 4.78 is 45.6. The molecule has 0 bridgehead atoms. The highest BCUT2D eigenvalue weighted by Gasteiger charge is 2.49. The second kappa shape index (κ2) is 15.2. The Morgan fingerprint density at radius 3 is 2.57 bits per heavy atom. The maximum absolute atomic E-state index is 15.2. The van der Waals surface area contributed by atoms with Gasteiger partial charge in [-0.25, -0.2) is 23.1 Å². The van der Waals surface area contributed by atoms with Crippen molar-refractivity contribution in [1.82, 2.24) is 30.0 Å². The largest absolute Gasteiger partial charge is 1.00 e. The summed E-state index contributed by atoms with van der Waals surface area (Å²) in [5.74, 6) is -1.76. The summed E-state index contributed by atoms with van der Waals surface area (Å²) in [5, 5.41) is 28.0. The molecule has 1 saturated heterocycles. The summed E-state index contributed by atoms with van der Waals surface area (Å²) in [6.07, 6.45) is 2.56. The minimum Gasteiger partial charge on any atom is -1.00 e. The number of halogens is 3. The van der Waals surface area contributed by atoms with Crippen molar-refractivity contribution in [2.45, 2.75) is 25.0 Å². The summed E-state index contributed by atoms with van der Waals surface area (Å²) >= 11 is 0. The van der Waals surface area contributed by atoms with Crippen LogP contribution in [-0.4, -0.2) is 113 Å². The number of quaternary nitrogens is 1. The molecule has 1 aromatic heterocycles. The molecule has 2 aromatic carbocycles. The molecule has 3 heterocycles. The maximum atomic E-state index is 15.2. The van der Waals surface area contributed by atoms with Crippen LogP contribution in [0.1, 0.15) is 18.9 Å². The van der Waals surface area contributed by atoms with E-state index in [1.165, 1.54) is 28.3 Å². The molecule has 5 rings (SSSR count). The fourth-order valence-corrected chi connectivity index (χ4v) is 5.29. The smallest absolute Gasteiger partial charge is 0.510 e. The number of ether oxygens (including phenoxy) is 3. The van der Waals surface area contributed by atoms with Gasteiger partial charge in [0.25, 0.3) is 0 Å². The van der Waals surface area contributed by atoms with Gasteiger partial charge < -0.3 is 36.6 Å². The lowest BCUT2D eigenvalue weighted by Crippen LogP contribution is -3.09. The van der Waals surface area contributed by atoms with Crippen molar-refractivity contribution < 1.29 is 55.1 Å². The molecule has 18 heteroatoms. The second-order valence-corrected chi connectivity index (χ2v) is 10.6. The quantitative estimate of drug-likeness (QED) is 0.151. The Labute approximate surface area is 269 Å². The van der Waals surface area contributed by atoms with E-state index in [0.717, 1.165) is 6.07 Å². The van der Waals surface area contributed by atoms with Gasteiger partial charge in [0.1, 0.15) is 24.5 Å². The van der Waals surface area contributed by atoms with Crippen LogP contribution in [0.15, 0.2) is 53.9 Å². The Kier molecular flexibility index (Phi) is 11.4. The Balaban J connectivity index is 0.00000480. The van der Waals surface area contributed by atoms with Gasteiger partial charge in [-0.3, -0.25) is 9.80 Å². The van der Waals surface area contributed by atoms with Gasteiger partial charge in [0.2, 0.25) is 0 Å². The third-order valence-electron chi connectivity index (χ3n) is 7.70. The highest BCUT2D eigenvalue weighted by atomic mass is 35.5. The number of hydrogen-bond acceptors (Lipinski definition) is 11. The number of urea groups is 1. The molecule has 1 fully saturated rings. The summed E-state index contributed by atoms with van der Waals surface area (Å²) in [4.78, 5) is 30.1. The molecule has 46 heavy (non-hydrogen) atoms. The van der Waals surface area contributed by atoms with Crippen LogP contribution in [0.5, 0.6) is 0 Å². The molecule has 15 nitrogen and oxygen atoms in total. The molecule has 0 aliphatic carbocycles. The third kappa shape index (κ3) is 7.67. The van der Waals surface area contributed by atoms with E-state index in [2.05, 4.69) is 20.6 Å². The number of aliphatic hydroxyl groups is 1. The number of nitrogens with zero attached hydrogens (tertiary/aromatic N) is 8. The molecule has 2 amide bonds. The third-order valence-corrected chi connectivity index (χ3v) is 7.70. The zero-order chi connectivity index (χ0) is 32.0. The standard InChI is InChI=1S/C28H33F2N9O6.ClH/c1-20(37-10-11-38(26(37)40)22-5-7-23(8-6-22)39-16-31-33-34-39)28(42,24-9-4-21(29)14-25(24)30)15-36-18-35(17-32-36)19-45-27(41)44-13-3-12-43-2;/h4-9,14,16-17,20,42H,3,10-13,15,18-19H2,1-2H3;1H/t20-,28-;/m1./s1. The van der Waals surface area contributed by atoms with Gasteiger partial charge >= 0.3 is 12.2 Å². The highest BCUT2D eigenvalue weighted by Crippen LogP contribution is 2.33. The molecule has 2 N–H and O–H groups in total. The van der Waals surface area contributed by atoms with Crippen LogP contribution < -0.4 is 22.3 Å². The minimum absolute atomic E-state index is 0. The molecule has 0 radical (unpaired) electrons. The fraction of sp³-hybridized carbons (Fsp3) is 0.429. The maximum Gasteiger partial charge on any atom is 0.510 e.